The number of nitrogens with zero attached hydrogens (tertiary/aromatic N) is 1. The predicted molar refractivity (Wildman–Crippen MR) is 75.4 cm³/mol. The molecule has 0 aliphatic carbocycles. The minimum absolute atomic E-state index is 0.199. The van der Waals surface area contributed by atoms with Gasteiger partial charge >= 0.3 is 0 Å². The number of aromatic nitrogens is 3. The van der Waals surface area contributed by atoms with Crippen molar-refractivity contribution in [3.63, 3.8) is 0 Å². The lowest BCUT2D eigenvalue weighted by Gasteiger charge is -2.04. The largest absolute Gasteiger partial charge is 0.360 e. The summed E-state index contributed by atoms with van der Waals surface area (Å²) in [6.45, 7) is 0. The van der Waals surface area contributed by atoms with Crippen LogP contribution in [0.15, 0.2) is 46.2 Å². The van der Waals surface area contributed by atoms with Crippen molar-refractivity contribution in [2.45, 2.75) is 4.90 Å². The molecule has 8 heteroatoms. The van der Waals surface area contributed by atoms with Crippen molar-refractivity contribution >= 4 is 42.5 Å². The highest BCUT2D eigenvalue weighted by molar-refractivity contribution is 9.10. The molecule has 98 valence electrons. The lowest BCUT2D eigenvalue weighted by molar-refractivity contribution is 0.602. The lowest BCUT2D eigenvalue weighted by Crippen LogP contribution is -2.11. The van der Waals surface area contributed by atoms with Gasteiger partial charge in [-0.1, -0.05) is 15.9 Å². The highest BCUT2D eigenvalue weighted by atomic mass is 79.9. The standard InChI is InChI=1S/C11H9BrN4O2S/c12-7-1-2-10-9(3-7)11(6-13-10)19(17,18)16-8-4-14-15-5-8/h1-6,13,16H,(H,14,15). The van der Waals surface area contributed by atoms with Gasteiger partial charge < -0.3 is 4.98 Å². The third-order valence-corrected chi connectivity index (χ3v) is 4.56. The van der Waals surface area contributed by atoms with Crippen LogP contribution in [0, 0.1) is 0 Å². The fourth-order valence-corrected chi connectivity index (χ4v) is 3.37. The summed E-state index contributed by atoms with van der Waals surface area (Å²) < 4.78 is 27.9. The smallest absolute Gasteiger partial charge is 0.264 e. The molecule has 0 atom stereocenters. The fourth-order valence-electron chi connectivity index (χ4n) is 1.81. The Hall–Kier alpha value is -1.80. The van der Waals surface area contributed by atoms with Gasteiger partial charge in [0, 0.05) is 27.8 Å². The van der Waals surface area contributed by atoms with Gasteiger partial charge in [0.1, 0.15) is 4.90 Å². The summed E-state index contributed by atoms with van der Waals surface area (Å²) in [6.07, 6.45) is 4.35. The molecule has 0 spiro atoms. The molecule has 0 aliphatic heterocycles. The molecule has 0 bridgehead atoms. The van der Waals surface area contributed by atoms with Crippen molar-refractivity contribution < 1.29 is 8.42 Å². The van der Waals surface area contributed by atoms with Crippen molar-refractivity contribution in [2.75, 3.05) is 4.72 Å². The Kier molecular flexibility index (Phi) is 2.83. The predicted octanol–water partition coefficient (Wildman–Crippen LogP) is 2.45. The van der Waals surface area contributed by atoms with Crippen LogP contribution in [0.3, 0.4) is 0 Å². The van der Waals surface area contributed by atoms with Gasteiger partial charge in [0.2, 0.25) is 0 Å². The summed E-state index contributed by atoms with van der Waals surface area (Å²) in [4.78, 5) is 3.14. The first-order valence-electron chi connectivity index (χ1n) is 5.34. The first-order valence-corrected chi connectivity index (χ1v) is 7.62. The van der Waals surface area contributed by atoms with E-state index in [4.69, 9.17) is 0 Å². The highest BCUT2D eigenvalue weighted by Crippen LogP contribution is 2.27. The molecule has 3 N–H and O–H groups in total. The SMILES string of the molecule is O=S(=O)(Nc1cn[nH]c1)c1c[nH]c2ccc(Br)cc12. The number of sulfonamides is 1. The van der Waals surface area contributed by atoms with E-state index in [2.05, 4.69) is 35.8 Å². The molecular formula is C11H9BrN4O2S. The van der Waals surface area contributed by atoms with E-state index in [-0.39, 0.29) is 4.90 Å². The van der Waals surface area contributed by atoms with E-state index in [1.807, 2.05) is 12.1 Å². The van der Waals surface area contributed by atoms with Gasteiger partial charge in [-0.05, 0) is 18.2 Å². The molecule has 0 fully saturated rings. The summed E-state index contributed by atoms with van der Waals surface area (Å²) in [6, 6.07) is 5.42. The summed E-state index contributed by atoms with van der Waals surface area (Å²) in [5.74, 6) is 0. The Labute approximate surface area is 117 Å². The number of fused-ring (bicyclic) bond motifs is 1. The number of rotatable bonds is 3. The van der Waals surface area contributed by atoms with Crippen LogP contribution in [0.2, 0.25) is 0 Å². The van der Waals surface area contributed by atoms with Crippen molar-refractivity contribution in [1.82, 2.24) is 15.2 Å². The van der Waals surface area contributed by atoms with Gasteiger partial charge in [-0.2, -0.15) is 5.10 Å². The number of nitrogens with one attached hydrogen (secondary N) is 3. The number of hydrogen-bond donors (Lipinski definition) is 3. The van der Waals surface area contributed by atoms with Crippen LogP contribution in [0.25, 0.3) is 10.9 Å². The molecule has 6 nitrogen and oxygen atoms in total. The maximum atomic E-state index is 12.3. The summed E-state index contributed by atoms with van der Waals surface area (Å²) in [7, 11) is -3.65. The van der Waals surface area contributed by atoms with Crippen molar-refractivity contribution in [2.24, 2.45) is 0 Å². The van der Waals surface area contributed by atoms with Gasteiger partial charge in [-0.3, -0.25) is 9.82 Å². The molecule has 0 aliphatic rings. The van der Waals surface area contributed by atoms with Gasteiger partial charge in [-0.25, -0.2) is 8.42 Å². The number of hydrogen-bond acceptors (Lipinski definition) is 3. The molecule has 19 heavy (non-hydrogen) atoms. The van der Waals surface area contributed by atoms with Crippen LogP contribution in [0.1, 0.15) is 0 Å². The maximum Gasteiger partial charge on any atom is 0.264 e. The molecule has 3 rings (SSSR count). The number of halogens is 1. The Balaban J connectivity index is 2.10. The van der Waals surface area contributed by atoms with Crippen molar-refractivity contribution in [3.05, 3.63) is 41.3 Å². The van der Waals surface area contributed by atoms with Crippen molar-refractivity contribution in [3.8, 4) is 0 Å². The highest BCUT2D eigenvalue weighted by Gasteiger charge is 2.19. The average Bonchev–Trinajstić information content (AvgIpc) is 2.96. The second-order valence-corrected chi connectivity index (χ2v) is 6.50. The molecule has 0 saturated heterocycles. The van der Waals surface area contributed by atoms with E-state index in [0.717, 1.165) is 9.99 Å². The zero-order valence-electron chi connectivity index (χ0n) is 9.51. The number of H-pyrrole nitrogens is 2. The van der Waals surface area contributed by atoms with Crippen LogP contribution < -0.4 is 4.72 Å². The second-order valence-electron chi connectivity index (χ2n) is 3.94. The Bertz CT molecular complexity index is 824. The fraction of sp³-hybridized carbons (Fsp3) is 0. The number of aromatic amines is 2. The van der Waals surface area contributed by atoms with Gasteiger partial charge in [0.25, 0.3) is 10.0 Å². The van der Waals surface area contributed by atoms with Gasteiger partial charge in [0.05, 0.1) is 11.9 Å². The minimum Gasteiger partial charge on any atom is -0.360 e. The van der Waals surface area contributed by atoms with Crippen molar-refractivity contribution in [1.29, 1.82) is 0 Å². The van der Waals surface area contributed by atoms with Gasteiger partial charge in [-0.15, -0.1) is 0 Å². The summed E-state index contributed by atoms with van der Waals surface area (Å²) in [5.41, 5.74) is 1.15. The molecule has 3 aromatic rings. The first kappa shape index (κ1) is 12.2. The Morgan fingerprint density at radius 3 is 2.84 bits per heavy atom. The molecule has 2 heterocycles. The zero-order chi connectivity index (χ0) is 13.5. The van der Waals surface area contributed by atoms with Crippen LogP contribution in [-0.2, 0) is 10.0 Å². The van der Waals surface area contributed by atoms with Crippen LogP contribution in [-0.4, -0.2) is 23.6 Å². The van der Waals surface area contributed by atoms with Crippen LogP contribution in [0.5, 0.6) is 0 Å². The monoisotopic (exact) mass is 340 g/mol. The second kappa shape index (κ2) is 4.39. The molecule has 1 aromatic carbocycles. The molecule has 0 radical (unpaired) electrons. The van der Waals surface area contributed by atoms with E-state index < -0.39 is 10.0 Å². The molecule has 0 amide bonds. The van der Waals surface area contributed by atoms with Crippen LogP contribution in [0.4, 0.5) is 5.69 Å². The topological polar surface area (TPSA) is 90.6 Å². The van der Waals surface area contributed by atoms with E-state index in [0.29, 0.717) is 11.1 Å². The first-order chi connectivity index (χ1) is 9.06. The third kappa shape index (κ3) is 2.24. The minimum atomic E-state index is -3.65. The molecule has 2 aromatic heterocycles. The molecule has 0 unspecified atom stereocenters. The Morgan fingerprint density at radius 2 is 2.11 bits per heavy atom. The molecular weight excluding hydrogens is 332 g/mol. The van der Waals surface area contributed by atoms with E-state index in [1.165, 1.54) is 18.6 Å². The number of anilines is 1. The zero-order valence-corrected chi connectivity index (χ0v) is 11.9. The van der Waals surface area contributed by atoms with E-state index in [9.17, 15) is 8.42 Å². The van der Waals surface area contributed by atoms with Crippen LogP contribution >= 0.6 is 15.9 Å². The normalized spacial score (nSPS) is 11.8. The average molecular weight is 341 g/mol. The van der Waals surface area contributed by atoms with E-state index in [1.54, 1.807) is 6.07 Å². The summed E-state index contributed by atoms with van der Waals surface area (Å²) in [5, 5.41) is 6.88. The van der Waals surface area contributed by atoms with E-state index >= 15 is 0 Å². The third-order valence-electron chi connectivity index (χ3n) is 2.65. The Morgan fingerprint density at radius 1 is 1.26 bits per heavy atom. The lowest BCUT2D eigenvalue weighted by atomic mass is 10.2. The maximum absolute atomic E-state index is 12.3. The number of benzene rings is 1. The molecule has 0 saturated carbocycles. The quantitative estimate of drug-likeness (QED) is 0.683. The van der Waals surface area contributed by atoms with Gasteiger partial charge in [0.15, 0.2) is 0 Å². The summed E-state index contributed by atoms with van der Waals surface area (Å²) >= 11 is 3.33.